The van der Waals surface area contributed by atoms with Crippen LogP contribution in [0.25, 0.3) is 10.9 Å². The van der Waals surface area contributed by atoms with E-state index in [0.29, 0.717) is 27.1 Å². The van der Waals surface area contributed by atoms with Crippen molar-refractivity contribution in [2.45, 2.75) is 51.4 Å². The molecule has 0 bridgehead atoms. The van der Waals surface area contributed by atoms with E-state index in [0.717, 1.165) is 5.69 Å². The van der Waals surface area contributed by atoms with Gasteiger partial charge in [0.1, 0.15) is 6.10 Å². The van der Waals surface area contributed by atoms with E-state index in [4.69, 9.17) is 30.5 Å². The van der Waals surface area contributed by atoms with Crippen molar-refractivity contribution in [1.82, 2.24) is 4.57 Å². The topological polar surface area (TPSA) is 117 Å². The lowest BCUT2D eigenvalue weighted by Crippen LogP contribution is -2.55. The number of carbonyl (C=O) groups is 3. The summed E-state index contributed by atoms with van der Waals surface area (Å²) in [7, 11) is 3.86. The van der Waals surface area contributed by atoms with Gasteiger partial charge in [0.25, 0.3) is 0 Å². The quantitative estimate of drug-likeness (QED) is 0.341. The molecule has 1 unspecified atom stereocenters. The summed E-state index contributed by atoms with van der Waals surface area (Å²) in [5.74, 6) is -1.90. The van der Waals surface area contributed by atoms with Gasteiger partial charge in [0.2, 0.25) is 0 Å². The summed E-state index contributed by atoms with van der Waals surface area (Å²) in [6.07, 6.45) is -3.68. The molecule has 1 fully saturated rings. The van der Waals surface area contributed by atoms with Gasteiger partial charge in [-0.3, -0.25) is 14.4 Å². The summed E-state index contributed by atoms with van der Waals surface area (Å²) in [5.41, 5.74) is 2.72. The predicted octanol–water partition coefficient (Wildman–Crippen LogP) is 3.77. The fourth-order valence-corrected chi connectivity index (χ4v) is 5.09. The lowest BCUT2D eigenvalue weighted by atomic mass is 10.0. The van der Waals surface area contributed by atoms with Crippen LogP contribution in [-0.2, 0) is 33.3 Å². The Morgan fingerprint density at radius 2 is 1.59 bits per heavy atom. The third-order valence-corrected chi connectivity index (χ3v) is 6.77. The van der Waals surface area contributed by atoms with Crippen molar-refractivity contribution < 1.29 is 38.4 Å². The minimum absolute atomic E-state index is 0.135. The van der Waals surface area contributed by atoms with Crippen LogP contribution in [0.4, 0.5) is 5.69 Å². The van der Waals surface area contributed by atoms with Gasteiger partial charge in [0.05, 0.1) is 17.1 Å². The molecule has 0 radical (unpaired) electrons. The van der Waals surface area contributed by atoms with Gasteiger partial charge in [-0.2, -0.15) is 0 Å². The summed E-state index contributed by atoms with van der Waals surface area (Å²) in [6.45, 7) is 3.51. The lowest BCUT2D eigenvalue weighted by Gasteiger charge is -2.41. The molecule has 5 atom stereocenters. The van der Waals surface area contributed by atoms with Crippen molar-refractivity contribution in [3.8, 4) is 0 Å². The minimum Gasteiger partial charge on any atom is -0.456 e. The number of rotatable bonds is 7. The van der Waals surface area contributed by atoms with Crippen LogP contribution in [-0.4, -0.2) is 66.6 Å². The van der Waals surface area contributed by atoms with Crippen molar-refractivity contribution in [3.63, 3.8) is 0 Å². The van der Waals surface area contributed by atoms with Crippen molar-refractivity contribution >= 4 is 46.1 Å². The summed E-state index contributed by atoms with van der Waals surface area (Å²) >= 11 is 6.63. The first-order valence-electron chi connectivity index (χ1n) is 12.4. The molecule has 2 aromatic carbocycles. The van der Waals surface area contributed by atoms with Gasteiger partial charge in [-0.15, -0.1) is 0 Å². The van der Waals surface area contributed by atoms with E-state index in [-0.39, 0.29) is 6.61 Å². The molecule has 39 heavy (non-hydrogen) atoms. The maximum atomic E-state index is 12.1. The molecule has 0 aliphatic carbocycles. The van der Waals surface area contributed by atoms with Gasteiger partial charge in [-0.1, -0.05) is 29.8 Å². The Morgan fingerprint density at radius 3 is 2.18 bits per heavy atom. The van der Waals surface area contributed by atoms with Crippen molar-refractivity contribution in [1.29, 1.82) is 0 Å². The number of hydrogen-bond acceptors (Lipinski definition) is 9. The molecule has 11 heteroatoms. The molecule has 0 amide bonds. The zero-order valence-electron chi connectivity index (χ0n) is 22.3. The highest BCUT2D eigenvalue weighted by Gasteiger charge is 2.48. The summed E-state index contributed by atoms with van der Waals surface area (Å²) < 4.78 is 24.2. The molecule has 3 aromatic rings. The van der Waals surface area contributed by atoms with Gasteiger partial charge < -0.3 is 33.5 Å². The highest BCUT2D eigenvalue weighted by Crippen LogP contribution is 2.40. The fourth-order valence-electron chi connectivity index (χ4n) is 4.81. The molecular formula is C28H31ClN2O8. The number of ether oxygens (including phenoxy) is 4. The van der Waals surface area contributed by atoms with E-state index in [9.17, 15) is 19.5 Å². The van der Waals surface area contributed by atoms with E-state index in [1.165, 1.54) is 20.8 Å². The van der Waals surface area contributed by atoms with Crippen LogP contribution in [0.15, 0.2) is 48.7 Å². The highest BCUT2D eigenvalue weighted by molar-refractivity contribution is 6.35. The number of anilines is 1. The average Bonchev–Trinajstić information content (AvgIpc) is 3.25. The van der Waals surface area contributed by atoms with Gasteiger partial charge in [-0.25, -0.2) is 0 Å². The molecule has 0 saturated carbocycles. The highest BCUT2D eigenvalue weighted by atomic mass is 35.5. The number of aromatic nitrogens is 1. The largest absolute Gasteiger partial charge is 0.456 e. The second kappa shape index (κ2) is 11.6. The van der Waals surface area contributed by atoms with Crippen molar-refractivity contribution in [2.24, 2.45) is 0 Å². The lowest BCUT2D eigenvalue weighted by molar-refractivity contribution is -0.239. The third-order valence-electron chi connectivity index (χ3n) is 6.45. The fraction of sp³-hybridized carbons (Fsp3) is 0.393. The van der Waals surface area contributed by atoms with Gasteiger partial charge in [-0.05, 0) is 29.8 Å². The van der Waals surface area contributed by atoms with Crippen LogP contribution in [0.2, 0.25) is 5.02 Å². The second-order valence-electron chi connectivity index (χ2n) is 9.53. The van der Waals surface area contributed by atoms with E-state index in [2.05, 4.69) is 0 Å². The zero-order chi connectivity index (χ0) is 28.4. The summed E-state index contributed by atoms with van der Waals surface area (Å²) in [5, 5.41) is 12.4. The molecule has 1 saturated heterocycles. The molecule has 10 nitrogen and oxygen atoms in total. The minimum atomic E-state index is -1.18. The Hall–Kier alpha value is -3.60. The molecule has 1 aromatic heterocycles. The first-order chi connectivity index (χ1) is 18.5. The molecular weight excluding hydrogens is 528 g/mol. The van der Waals surface area contributed by atoms with Crippen LogP contribution in [0, 0.1) is 0 Å². The monoisotopic (exact) mass is 558 g/mol. The van der Waals surface area contributed by atoms with E-state index in [1.54, 1.807) is 29.0 Å². The SMILES string of the molecule is CC(=O)O[C@@H]1[C@@H](OC(C)=O)[C@H](OC(C)=O)CO[C@H]1n1cc(C(O)c2ccc(N(C)C)cc2)c2c(Cl)cccc21. The van der Waals surface area contributed by atoms with Crippen molar-refractivity contribution in [2.75, 3.05) is 25.6 Å². The number of halogens is 1. The first kappa shape index (κ1) is 28.4. The number of aliphatic hydroxyl groups excluding tert-OH is 1. The van der Waals surface area contributed by atoms with Crippen LogP contribution in [0.1, 0.15) is 44.2 Å². The molecule has 1 N–H and O–H groups in total. The maximum Gasteiger partial charge on any atom is 0.303 e. The van der Waals surface area contributed by atoms with Crippen LogP contribution in [0.5, 0.6) is 0 Å². The number of carbonyl (C=O) groups excluding carboxylic acids is 3. The molecule has 208 valence electrons. The van der Waals surface area contributed by atoms with E-state index < -0.39 is 48.6 Å². The number of fused-ring (bicyclic) bond motifs is 1. The Morgan fingerprint density at radius 1 is 0.974 bits per heavy atom. The number of nitrogens with zero attached hydrogens (tertiary/aromatic N) is 2. The Balaban J connectivity index is 1.82. The Kier molecular flexibility index (Phi) is 8.48. The molecule has 1 aliphatic heterocycles. The Labute approximate surface area is 230 Å². The number of hydrogen-bond donors (Lipinski definition) is 1. The maximum absolute atomic E-state index is 12.1. The molecule has 4 rings (SSSR count). The predicted molar refractivity (Wildman–Crippen MR) is 143 cm³/mol. The standard InChI is InChI=1S/C28H31ClN2O8/c1-15(32)37-23-14-36-28(27(39-17(3)34)26(23)38-16(2)33)31-13-20(24-21(29)7-6-8-22(24)31)25(35)18-9-11-19(12-10-18)30(4)5/h6-13,23,25-28,35H,14H2,1-5H3/t23-,25?,26+,27-,28-/m1/s1. The number of esters is 3. The van der Waals surface area contributed by atoms with Gasteiger partial charge in [0.15, 0.2) is 24.5 Å². The van der Waals surface area contributed by atoms with Crippen LogP contribution >= 0.6 is 11.6 Å². The third kappa shape index (κ3) is 6.03. The average molecular weight is 559 g/mol. The molecule has 2 heterocycles. The zero-order valence-corrected chi connectivity index (χ0v) is 23.0. The normalized spacial score (nSPS) is 21.7. The molecule has 1 aliphatic rings. The van der Waals surface area contributed by atoms with Crippen LogP contribution < -0.4 is 4.90 Å². The number of benzene rings is 2. The van der Waals surface area contributed by atoms with E-state index in [1.807, 2.05) is 43.3 Å². The van der Waals surface area contributed by atoms with Gasteiger partial charge >= 0.3 is 17.9 Å². The van der Waals surface area contributed by atoms with Crippen LogP contribution in [0.3, 0.4) is 0 Å². The van der Waals surface area contributed by atoms with E-state index >= 15 is 0 Å². The summed E-state index contributed by atoms with van der Waals surface area (Å²) in [4.78, 5) is 37.8. The summed E-state index contributed by atoms with van der Waals surface area (Å²) in [6, 6.07) is 12.7. The Bertz CT molecular complexity index is 1370. The van der Waals surface area contributed by atoms with Gasteiger partial charge in [0, 0.05) is 57.7 Å². The second-order valence-corrected chi connectivity index (χ2v) is 9.94. The molecule has 0 spiro atoms. The smallest absolute Gasteiger partial charge is 0.303 e. The number of aliphatic hydroxyl groups is 1. The van der Waals surface area contributed by atoms with Crippen molar-refractivity contribution in [3.05, 3.63) is 64.8 Å². The first-order valence-corrected chi connectivity index (χ1v) is 12.7.